The summed E-state index contributed by atoms with van der Waals surface area (Å²) in [6.07, 6.45) is -0.581. The van der Waals surface area contributed by atoms with Crippen LogP contribution in [0.25, 0.3) is 0 Å². The molecule has 0 aliphatic carbocycles. The number of alkyl halides is 3. The van der Waals surface area contributed by atoms with Gasteiger partial charge in [0.1, 0.15) is 11.4 Å². The van der Waals surface area contributed by atoms with Gasteiger partial charge in [0.25, 0.3) is 0 Å². The maximum absolute atomic E-state index is 11.7. The Balaban J connectivity index is 0.000000383. The van der Waals surface area contributed by atoms with Crippen LogP contribution in [-0.2, 0) is 16.1 Å². The first-order valence-electron chi connectivity index (χ1n) is 10.6. The number of carbonyl (C=O) groups is 2. The summed E-state index contributed by atoms with van der Waals surface area (Å²) in [5, 5.41) is 10.8. The standard InChI is InChI=1S/C21H25N3O2.C2HF3O2/c1-16(25)24-12-9-21(10-13-24)14-19(18-7-2-3-8-20(18)26-21)23-15-17-6-4-5-11-22-17;3-2(4,5)1(6)7/h2-8,11,19,23H,9-10,12-15H2,1H3;(H,6,7). The molecule has 1 fully saturated rings. The van der Waals surface area contributed by atoms with Crippen LogP contribution in [0.15, 0.2) is 48.7 Å². The number of amides is 1. The number of fused-ring (bicyclic) bond motifs is 1. The topological polar surface area (TPSA) is 91.8 Å². The Bertz CT molecular complexity index is 961. The molecule has 1 spiro atoms. The predicted molar refractivity (Wildman–Crippen MR) is 113 cm³/mol. The number of likely N-dealkylation sites (tertiary alicyclic amines) is 1. The maximum Gasteiger partial charge on any atom is 0.490 e. The minimum atomic E-state index is -5.08. The molecule has 33 heavy (non-hydrogen) atoms. The second-order valence-electron chi connectivity index (χ2n) is 8.09. The summed E-state index contributed by atoms with van der Waals surface area (Å²) >= 11 is 0. The molecule has 1 saturated heterocycles. The molecule has 0 radical (unpaired) electrons. The third kappa shape index (κ3) is 6.44. The van der Waals surface area contributed by atoms with Gasteiger partial charge in [-0.3, -0.25) is 9.78 Å². The van der Waals surface area contributed by atoms with E-state index in [1.807, 2.05) is 35.4 Å². The molecular weight excluding hydrogens is 439 g/mol. The number of halogens is 3. The van der Waals surface area contributed by atoms with Gasteiger partial charge in [0.2, 0.25) is 5.91 Å². The Kier molecular flexibility index (Phi) is 7.57. The van der Waals surface area contributed by atoms with Crippen LogP contribution in [0.3, 0.4) is 0 Å². The van der Waals surface area contributed by atoms with Gasteiger partial charge in [-0.05, 0) is 18.2 Å². The maximum atomic E-state index is 11.7. The molecule has 2 aliphatic heterocycles. The van der Waals surface area contributed by atoms with Crippen LogP contribution in [0, 0.1) is 0 Å². The molecule has 3 heterocycles. The first kappa shape index (κ1) is 24.5. The zero-order chi connectivity index (χ0) is 24.1. The van der Waals surface area contributed by atoms with Crippen LogP contribution in [0.1, 0.15) is 43.5 Å². The van der Waals surface area contributed by atoms with E-state index in [0.29, 0.717) is 0 Å². The zero-order valence-corrected chi connectivity index (χ0v) is 18.1. The van der Waals surface area contributed by atoms with E-state index in [2.05, 4.69) is 28.5 Å². The predicted octanol–water partition coefficient (Wildman–Crippen LogP) is 3.71. The number of rotatable bonds is 3. The van der Waals surface area contributed by atoms with E-state index in [9.17, 15) is 18.0 Å². The second-order valence-corrected chi connectivity index (χ2v) is 8.09. The van der Waals surface area contributed by atoms with Gasteiger partial charge in [-0.25, -0.2) is 4.79 Å². The fourth-order valence-electron chi connectivity index (χ4n) is 4.07. The summed E-state index contributed by atoms with van der Waals surface area (Å²) in [5.41, 5.74) is 2.06. The molecule has 178 valence electrons. The van der Waals surface area contributed by atoms with Crippen molar-refractivity contribution in [2.45, 2.75) is 50.6 Å². The molecule has 1 amide bonds. The second kappa shape index (κ2) is 10.2. The van der Waals surface area contributed by atoms with Crippen LogP contribution in [0.4, 0.5) is 13.2 Å². The Labute approximate surface area is 189 Å². The number of para-hydroxylation sites is 1. The molecule has 1 aromatic carbocycles. The van der Waals surface area contributed by atoms with Gasteiger partial charge >= 0.3 is 12.1 Å². The van der Waals surface area contributed by atoms with Gasteiger partial charge in [-0.15, -0.1) is 0 Å². The van der Waals surface area contributed by atoms with E-state index in [1.54, 1.807) is 6.92 Å². The van der Waals surface area contributed by atoms with E-state index in [4.69, 9.17) is 14.6 Å². The molecule has 4 rings (SSSR count). The van der Waals surface area contributed by atoms with Gasteiger partial charge in [0.05, 0.1) is 5.69 Å². The van der Waals surface area contributed by atoms with E-state index >= 15 is 0 Å². The first-order chi connectivity index (χ1) is 15.6. The number of aliphatic carboxylic acids is 1. The monoisotopic (exact) mass is 465 g/mol. The fourth-order valence-corrected chi connectivity index (χ4v) is 4.07. The molecule has 0 saturated carbocycles. The summed E-state index contributed by atoms with van der Waals surface area (Å²) in [7, 11) is 0. The van der Waals surface area contributed by atoms with E-state index in [0.717, 1.165) is 50.3 Å². The molecule has 2 aromatic rings. The number of nitrogens with one attached hydrogen (secondary N) is 1. The molecule has 0 bridgehead atoms. The van der Waals surface area contributed by atoms with Crippen LogP contribution in [-0.4, -0.2) is 51.7 Å². The molecule has 7 nitrogen and oxygen atoms in total. The first-order valence-corrected chi connectivity index (χ1v) is 10.6. The van der Waals surface area contributed by atoms with Gasteiger partial charge in [0.15, 0.2) is 0 Å². The summed E-state index contributed by atoms with van der Waals surface area (Å²) < 4.78 is 38.2. The Hall–Kier alpha value is -3.14. The number of ether oxygens (including phenoxy) is 1. The molecule has 1 atom stereocenters. The zero-order valence-electron chi connectivity index (χ0n) is 18.1. The smallest absolute Gasteiger partial charge is 0.487 e. The third-order valence-electron chi connectivity index (χ3n) is 5.82. The molecule has 2 aliphatic rings. The normalized spacial score (nSPS) is 19.0. The molecule has 2 N–H and O–H groups in total. The van der Waals surface area contributed by atoms with Crippen molar-refractivity contribution in [3.05, 3.63) is 59.9 Å². The SMILES string of the molecule is CC(=O)N1CCC2(CC1)CC(NCc1ccccn1)c1ccccc1O2.O=C(O)C(F)(F)F. The van der Waals surface area contributed by atoms with Crippen LogP contribution in [0.5, 0.6) is 5.75 Å². The number of hydrogen-bond acceptors (Lipinski definition) is 5. The lowest BCUT2D eigenvalue weighted by Gasteiger charge is -2.47. The number of hydrogen-bond donors (Lipinski definition) is 2. The summed E-state index contributed by atoms with van der Waals surface area (Å²) in [4.78, 5) is 26.9. The molecular formula is C23H26F3N3O4. The summed E-state index contributed by atoms with van der Waals surface area (Å²) in [5.74, 6) is -1.64. The summed E-state index contributed by atoms with van der Waals surface area (Å²) in [6, 6.07) is 14.5. The number of aromatic nitrogens is 1. The Morgan fingerprint density at radius 2 is 1.82 bits per heavy atom. The van der Waals surface area contributed by atoms with Crippen LogP contribution >= 0.6 is 0 Å². The van der Waals surface area contributed by atoms with E-state index in [1.165, 1.54) is 5.56 Å². The minimum absolute atomic E-state index is 0.154. The molecule has 1 aromatic heterocycles. The molecule has 1 unspecified atom stereocenters. The van der Waals surface area contributed by atoms with E-state index < -0.39 is 12.1 Å². The number of benzene rings is 1. The quantitative estimate of drug-likeness (QED) is 0.718. The van der Waals surface area contributed by atoms with Gasteiger partial charge < -0.3 is 20.1 Å². The number of nitrogens with zero attached hydrogens (tertiary/aromatic N) is 2. The van der Waals surface area contributed by atoms with Crippen molar-refractivity contribution < 1.29 is 32.6 Å². The third-order valence-corrected chi connectivity index (χ3v) is 5.82. The van der Waals surface area contributed by atoms with Crippen LogP contribution in [0.2, 0.25) is 0 Å². The largest absolute Gasteiger partial charge is 0.490 e. The number of carbonyl (C=O) groups excluding carboxylic acids is 1. The number of carboxylic acids is 1. The van der Waals surface area contributed by atoms with Crippen molar-refractivity contribution in [1.29, 1.82) is 0 Å². The van der Waals surface area contributed by atoms with Crippen molar-refractivity contribution in [3.8, 4) is 5.75 Å². The van der Waals surface area contributed by atoms with Gasteiger partial charge in [-0.2, -0.15) is 13.2 Å². The highest BCUT2D eigenvalue weighted by molar-refractivity contribution is 5.73. The van der Waals surface area contributed by atoms with E-state index in [-0.39, 0.29) is 17.6 Å². The van der Waals surface area contributed by atoms with Gasteiger partial charge in [-0.1, -0.05) is 24.3 Å². The lowest BCUT2D eigenvalue weighted by Crippen LogP contribution is -2.52. The molecule has 10 heteroatoms. The number of pyridine rings is 1. The number of carboxylic acid groups (broad SMARTS) is 1. The van der Waals surface area contributed by atoms with Crippen molar-refractivity contribution in [2.24, 2.45) is 0 Å². The number of piperidine rings is 1. The van der Waals surface area contributed by atoms with Crippen molar-refractivity contribution in [3.63, 3.8) is 0 Å². The van der Waals surface area contributed by atoms with Crippen molar-refractivity contribution in [2.75, 3.05) is 13.1 Å². The Morgan fingerprint density at radius 3 is 2.39 bits per heavy atom. The lowest BCUT2D eigenvalue weighted by atomic mass is 9.80. The van der Waals surface area contributed by atoms with Crippen molar-refractivity contribution >= 4 is 11.9 Å². The van der Waals surface area contributed by atoms with Crippen LogP contribution < -0.4 is 10.1 Å². The minimum Gasteiger partial charge on any atom is -0.487 e. The summed E-state index contributed by atoms with van der Waals surface area (Å²) in [6.45, 7) is 3.91. The highest BCUT2D eigenvalue weighted by Gasteiger charge is 2.43. The Morgan fingerprint density at radius 1 is 1.18 bits per heavy atom. The van der Waals surface area contributed by atoms with Gasteiger partial charge in [0, 0.05) is 63.6 Å². The average molecular weight is 465 g/mol. The fraction of sp³-hybridized carbons (Fsp3) is 0.435. The average Bonchev–Trinajstić information content (AvgIpc) is 2.78. The van der Waals surface area contributed by atoms with Crippen molar-refractivity contribution in [1.82, 2.24) is 15.2 Å². The highest BCUT2D eigenvalue weighted by atomic mass is 19.4. The lowest BCUT2D eigenvalue weighted by molar-refractivity contribution is -0.192. The highest BCUT2D eigenvalue weighted by Crippen LogP contribution is 2.44.